The van der Waals surface area contributed by atoms with E-state index in [0.717, 1.165) is 22.1 Å². The van der Waals surface area contributed by atoms with Crippen LogP contribution in [0, 0.1) is 31.1 Å². The van der Waals surface area contributed by atoms with Crippen LogP contribution in [0.3, 0.4) is 0 Å². The number of hydrogen-bond donors (Lipinski definition) is 1. The van der Waals surface area contributed by atoms with E-state index in [0.29, 0.717) is 5.58 Å². The first-order valence-corrected chi connectivity index (χ1v) is 8.97. The lowest BCUT2D eigenvalue weighted by Gasteiger charge is -2.28. The fourth-order valence-corrected chi connectivity index (χ4v) is 2.58. The summed E-state index contributed by atoms with van der Waals surface area (Å²) in [5, 5.41) is 12.8. The zero-order valence-electron chi connectivity index (χ0n) is 16.7. The van der Waals surface area contributed by atoms with Gasteiger partial charge in [0.05, 0.1) is 18.8 Å². The second-order valence-corrected chi connectivity index (χ2v) is 7.46. The molecule has 0 spiro atoms. The molecule has 144 valence electrons. The van der Waals surface area contributed by atoms with Crippen molar-refractivity contribution < 1.29 is 18.7 Å². The number of rotatable bonds is 6. The summed E-state index contributed by atoms with van der Waals surface area (Å²) in [4.78, 5) is 24.6. The molecule has 0 aliphatic carbocycles. The summed E-state index contributed by atoms with van der Waals surface area (Å²) in [5.41, 5.74) is 2.63. The Kier molecular flexibility index (Phi) is 5.94. The highest BCUT2D eigenvalue weighted by molar-refractivity contribution is 5.88. The number of nitriles is 1. The van der Waals surface area contributed by atoms with Crippen LogP contribution in [0.25, 0.3) is 11.0 Å². The molecule has 1 N–H and O–H groups in total. The number of nitrogens with zero attached hydrogens (tertiary/aromatic N) is 1. The van der Waals surface area contributed by atoms with Crippen molar-refractivity contribution >= 4 is 22.8 Å². The first kappa shape index (κ1) is 20.5. The molecule has 0 saturated carbocycles. The molecule has 2 aromatic rings. The average Bonchev–Trinajstić information content (AvgIpc) is 2.96. The maximum absolute atomic E-state index is 12.3. The van der Waals surface area contributed by atoms with Gasteiger partial charge in [-0.15, -0.1) is 0 Å². The van der Waals surface area contributed by atoms with E-state index in [1.165, 1.54) is 6.92 Å². The molecule has 6 nitrogen and oxygen atoms in total. The lowest BCUT2D eigenvalue weighted by Crippen LogP contribution is -2.52. The first-order chi connectivity index (χ1) is 12.6. The van der Waals surface area contributed by atoms with Gasteiger partial charge in [-0.05, 0) is 56.9 Å². The number of esters is 1. The summed E-state index contributed by atoms with van der Waals surface area (Å²) in [5.74, 6) is -1.11. The molecular weight excluding hydrogens is 344 g/mol. The van der Waals surface area contributed by atoms with E-state index in [-0.39, 0.29) is 12.3 Å². The molecule has 0 saturated heterocycles. The molecule has 1 heterocycles. The van der Waals surface area contributed by atoms with Crippen molar-refractivity contribution in [1.29, 1.82) is 5.26 Å². The normalized spacial score (nSPS) is 14.4. The van der Waals surface area contributed by atoms with E-state index >= 15 is 0 Å². The summed E-state index contributed by atoms with van der Waals surface area (Å²) in [6, 6.07) is 6.01. The third-order valence-electron chi connectivity index (χ3n) is 5.05. The van der Waals surface area contributed by atoms with Crippen LogP contribution in [-0.2, 0) is 20.7 Å². The van der Waals surface area contributed by atoms with Gasteiger partial charge in [0.15, 0.2) is 6.10 Å². The second-order valence-electron chi connectivity index (χ2n) is 7.46. The van der Waals surface area contributed by atoms with Crippen molar-refractivity contribution in [2.45, 2.75) is 59.6 Å². The van der Waals surface area contributed by atoms with Crippen molar-refractivity contribution in [2.24, 2.45) is 5.92 Å². The average molecular weight is 370 g/mol. The topological polar surface area (TPSA) is 92.3 Å². The maximum atomic E-state index is 12.3. The smallest absolute Gasteiger partial charge is 0.311 e. The van der Waals surface area contributed by atoms with Crippen LogP contribution < -0.4 is 5.32 Å². The number of fused-ring (bicyclic) bond motifs is 1. The van der Waals surface area contributed by atoms with Gasteiger partial charge in [0.2, 0.25) is 0 Å². The molecule has 0 radical (unpaired) electrons. The third kappa shape index (κ3) is 4.48. The predicted molar refractivity (Wildman–Crippen MR) is 102 cm³/mol. The van der Waals surface area contributed by atoms with E-state index in [1.54, 1.807) is 13.2 Å². The molecular formula is C21H26N2O4. The number of hydrogen-bond acceptors (Lipinski definition) is 5. The predicted octanol–water partition coefficient (Wildman–Crippen LogP) is 3.58. The number of amides is 1. The number of nitrogens with one attached hydrogen (secondary N) is 1. The van der Waals surface area contributed by atoms with Crippen molar-refractivity contribution in [3.63, 3.8) is 0 Å². The Bertz CT molecular complexity index is 907. The van der Waals surface area contributed by atoms with E-state index < -0.39 is 23.5 Å². The van der Waals surface area contributed by atoms with Gasteiger partial charge in [-0.1, -0.05) is 13.8 Å². The largest absolute Gasteiger partial charge is 0.464 e. The van der Waals surface area contributed by atoms with Gasteiger partial charge in [-0.3, -0.25) is 9.59 Å². The molecule has 2 rings (SSSR count). The maximum Gasteiger partial charge on any atom is 0.311 e. The number of ether oxygens (including phenoxy) is 1. The summed E-state index contributed by atoms with van der Waals surface area (Å²) in [7, 11) is 0. The SMILES string of the molecule is Cc1cc2occ(CC(=O)O[C@H](C)C(=O)N[C@](C)(C#N)C(C)C)c2cc1C. The monoisotopic (exact) mass is 370 g/mol. The zero-order chi connectivity index (χ0) is 20.4. The van der Waals surface area contributed by atoms with Crippen LogP contribution in [0.15, 0.2) is 22.8 Å². The minimum absolute atomic E-state index is 0.00677. The van der Waals surface area contributed by atoms with Crippen LogP contribution in [0.5, 0.6) is 0 Å². The molecule has 0 aliphatic rings. The molecule has 0 aliphatic heterocycles. The van der Waals surface area contributed by atoms with Gasteiger partial charge in [0.1, 0.15) is 11.1 Å². The Morgan fingerprint density at radius 1 is 1.26 bits per heavy atom. The van der Waals surface area contributed by atoms with E-state index in [9.17, 15) is 14.9 Å². The quantitative estimate of drug-likeness (QED) is 0.785. The van der Waals surface area contributed by atoms with Crippen molar-refractivity contribution in [3.8, 4) is 6.07 Å². The number of carbonyl (C=O) groups is 2. The Labute approximate surface area is 159 Å². The van der Waals surface area contributed by atoms with Crippen molar-refractivity contribution in [2.75, 3.05) is 0 Å². The van der Waals surface area contributed by atoms with Crippen LogP contribution in [0.2, 0.25) is 0 Å². The summed E-state index contributed by atoms with van der Waals surface area (Å²) in [6.45, 7) is 10.8. The van der Waals surface area contributed by atoms with Gasteiger partial charge in [-0.2, -0.15) is 5.26 Å². The number of aryl methyl sites for hydroxylation is 2. The molecule has 0 unspecified atom stereocenters. The van der Waals surface area contributed by atoms with E-state index in [4.69, 9.17) is 9.15 Å². The standard InChI is InChI=1S/C21H26N2O4/c1-12(2)21(6,11-22)23-20(25)15(5)27-19(24)9-16-10-26-18-8-14(4)13(3)7-17(16)18/h7-8,10,12,15H,9H2,1-6H3,(H,23,25)/t15-,21-/m1/s1. The van der Waals surface area contributed by atoms with Gasteiger partial charge in [0.25, 0.3) is 5.91 Å². The van der Waals surface area contributed by atoms with E-state index in [1.807, 2.05) is 39.8 Å². The molecule has 6 heteroatoms. The molecule has 0 fully saturated rings. The highest BCUT2D eigenvalue weighted by atomic mass is 16.5. The molecule has 1 aromatic heterocycles. The molecule has 27 heavy (non-hydrogen) atoms. The second kappa shape index (κ2) is 7.83. The van der Waals surface area contributed by atoms with Gasteiger partial charge >= 0.3 is 5.97 Å². The Morgan fingerprint density at radius 2 is 1.89 bits per heavy atom. The minimum Gasteiger partial charge on any atom is -0.464 e. The zero-order valence-corrected chi connectivity index (χ0v) is 16.7. The number of benzene rings is 1. The fourth-order valence-electron chi connectivity index (χ4n) is 2.58. The number of furan rings is 1. The van der Waals surface area contributed by atoms with Crippen LogP contribution in [0.4, 0.5) is 0 Å². The summed E-state index contributed by atoms with van der Waals surface area (Å²) < 4.78 is 10.8. The summed E-state index contributed by atoms with van der Waals surface area (Å²) in [6.07, 6.45) is 0.555. The first-order valence-electron chi connectivity index (χ1n) is 8.97. The molecule has 1 amide bonds. The molecule has 0 bridgehead atoms. The molecule has 2 atom stereocenters. The van der Waals surface area contributed by atoms with E-state index in [2.05, 4.69) is 11.4 Å². The lowest BCUT2D eigenvalue weighted by atomic mass is 9.90. The fraction of sp³-hybridized carbons (Fsp3) is 0.476. The van der Waals surface area contributed by atoms with Gasteiger partial charge < -0.3 is 14.5 Å². The van der Waals surface area contributed by atoms with Crippen molar-refractivity contribution in [3.05, 3.63) is 35.1 Å². The highest BCUT2D eigenvalue weighted by Crippen LogP contribution is 2.25. The van der Waals surface area contributed by atoms with Crippen LogP contribution >= 0.6 is 0 Å². The Balaban J connectivity index is 2.04. The van der Waals surface area contributed by atoms with Gasteiger partial charge in [-0.25, -0.2) is 0 Å². The Hall–Kier alpha value is -2.81. The van der Waals surface area contributed by atoms with Crippen LogP contribution in [0.1, 0.15) is 44.4 Å². The summed E-state index contributed by atoms with van der Waals surface area (Å²) >= 11 is 0. The number of carbonyl (C=O) groups excluding carboxylic acids is 2. The minimum atomic E-state index is -1.02. The lowest BCUT2D eigenvalue weighted by molar-refractivity contribution is -0.154. The third-order valence-corrected chi connectivity index (χ3v) is 5.05. The highest BCUT2D eigenvalue weighted by Gasteiger charge is 2.32. The van der Waals surface area contributed by atoms with Crippen molar-refractivity contribution in [1.82, 2.24) is 5.32 Å². The van der Waals surface area contributed by atoms with Gasteiger partial charge in [0, 0.05) is 10.9 Å². The Morgan fingerprint density at radius 3 is 2.48 bits per heavy atom. The molecule has 1 aromatic carbocycles. The van der Waals surface area contributed by atoms with Crippen LogP contribution in [-0.4, -0.2) is 23.5 Å².